The molecular weight excluding hydrogens is 246 g/mol. The van der Waals surface area contributed by atoms with Crippen LogP contribution in [0, 0.1) is 0 Å². The minimum absolute atomic E-state index is 0.256. The number of rotatable bonds is 5. The van der Waals surface area contributed by atoms with Crippen molar-refractivity contribution < 1.29 is 19.3 Å². The zero-order valence-electron chi connectivity index (χ0n) is 10.8. The first-order chi connectivity index (χ1) is 9.33. The fourth-order valence-electron chi connectivity index (χ4n) is 2.42. The molecule has 0 radical (unpaired) electrons. The van der Waals surface area contributed by atoms with E-state index in [2.05, 4.69) is 5.32 Å². The molecule has 0 saturated carbocycles. The van der Waals surface area contributed by atoms with E-state index in [0.29, 0.717) is 18.4 Å². The molecule has 5 nitrogen and oxygen atoms in total. The number of fused-ring (bicyclic) bond motifs is 1. The van der Waals surface area contributed by atoms with E-state index in [4.69, 9.17) is 14.2 Å². The Morgan fingerprint density at radius 1 is 1.32 bits per heavy atom. The number of hydrogen-bond acceptors (Lipinski definition) is 5. The highest BCUT2D eigenvalue weighted by Gasteiger charge is 2.18. The van der Waals surface area contributed by atoms with Crippen LogP contribution in [0.4, 0.5) is 0 Å². The van der Waals surface area contributed by atoms with Gasteiger partial charge in [0.15, 0.2) is 11.5 Å². The molecule has 2 aliphatic rings. The van der Waals surface area contributed by atoms with Gasteiger partial charge in [-0.15, -0.1) is 0 Å². The summed E-state index contributed by atoms with van der Waals surface area (Å²) in [5.74, 6) is 1.44. The van der Waals surface area contributed by atoms with Crippen molar-refractivity contribution in [2.45, 2.75) is 25.0 Å². The molecule has 1 aromatic carbocycles. The zero-order valence-corrected chi connectivity index (χ0v) is 10.8. The lowest BCUT2D eigenvalue weighted by Gasteiger charge is -2.15. The van der Waals surface area contributed by atoms with Gasteiger partial charge in [0.25, 0.3) is 0 Å². The van der Waals surface area contributed by atoms with E-state index >= 15 is 0 Å². The standard InChI is InChI=1S/C14H19NO4/c16-12(8-15-7-11-2-1-5-17-11)10-3-4-13-14(6-10)19-9-18-13/h3-4,6,11-12,15-16H,1-2,5,7-9H2. The van der Waals surface area contributed by atoms with Crippen LogP contribution >= 0.6 is 0 Å². The number of benzene rings is 1. The monoisotopic (exact) mass is 265 g/mol. The Kier molecular flexibility index (Phi) is 3.87. The number of aliphatic hydroxyl groups is 1. The highest BCUT2D eigenvalue weighted by Crippen LogP contribution is 2.34. The van der Waals surface area contributed by atoms with Crippen molar-refractivity contribution in [2.75, 3.05) is 26.5 Å². The smallest absolute Gasteiger partial charge is 0.231 e. The van der Waals surface area contributed by atoms with Crippen LogP contribution in [-0.2, 0) is 4.74 Å². The summed E-state index contributed by atoms with van der Waals surface area (Å²) in [6.07, 6.45) is 1.99. The first-order valence-corrected chi connectivity index (χ1v) is 6.73. The first-order valence-electron chi connectivity index (χ1n) is 6.73. The van der Waals surface area contributed by atoms with E-state index in [1.807, 2.05) is 18.2 Å². The largest absolute Gasteiger partial charge is 0.454 e. The molecule has 104 valence electrons. The molecule has 2 N–H and O–H groups in total. The van der Waals surface area contributed by atoms with Crippen LogP contribution in [0.3, 0.4) is 0 Å². The lowest BCUT2D eigenvalue weighted by atomic mass is 10.1. The summed E-state index contributed by atoms with van der Waals surface area (Å²) in [6.45, 7) is 2.42. The van der Waals surface area contributed by atoms with Gasteiger partial charge in [-0.05, 0) is 30.5 Å². The molecule has 19 heavy (non-hydrogen) atoms. The third kappa shape index (κ3) is 3.00. The van der Waals surface area contributed by atoms with Gasteiger partial charge in [0, 0.05) is 19.7 Å². The van der Waals surface area contributed by atoms with Crippen molar-refractivity contribution >= 4 is 0 Å². The van der Waals surface area contributed by atoms with Gasteiger partial charge < -0.3 is 24.6 Å². The maximum Gasteiger partial charge on any atom is 0.231 e. The number of hydrogen-bond donors (Lipinski definition) is 2. The van der Waals surface area contributed by atoms with Crippen LogP contribution < -0.4 is 14.8 Å². The van der Waals surface area contributed by atoms with E-state index in [0.717, 1.165) is 37.3 Å². The first kappa shape index (κ1) is 12.7. The third-order valence-electron chi connectivity index (χ3n) is 3.52. The molecular formula is C14H19NO4. The summed E-state index contributed by atoms with van der Waals surface area (Å²) in [7, 11) is 0. The minimum atomic E-state index is -0.545. The van der Waals surface area contributed by atoms with Crippen molar-refractivity contribution in [3.63, 3.8) is 0 Å². The van der Waals surface area contributed by atoms with Crippen molar-refractivity contribution in [1.29, 1.82) is 0 Å². The fourth-order valence-corrected chi connectivity index (χ4v) is 2.42. The summed E-state index contributed by atoms with van der Waals surface area (Å²) >= 11 is 0. The van der Waals surface area contributed by atoms with Crippen molar-refractivity contribution in [1.82, 2.24) is 5.32 Å². The molecule has 0 amide bonds. The van der Waals surface area contributed by atoms with E-state index in [9.17, 15) is 5.11 Å². The average molecular weight is 265 g/mol. The predicted molar refractivity (Wildman–Crippen MR) is 69.4 cm³/mol. The van der Waals surface area contributed by atoms with Crippen LogP contribution in [0.2, 0.25) is 0 Å². The Balaban J connectivity index is 1.50. The summed E-state index contributed by atoms with van der Waals surface area (Å²) < 4.78 is 16.1. The molecule has 1 saturated heterocycles. The molecule has 2 atom stereocenters. The van der Waals surface area contributed by atoms with Gasteiger partial charge in [0.05, 0.1) is 12.2 Å². The highest BCUT2D eigenvalue weighted by molar-refractivity contribution is 5.45. The summed E-state index contributed by atoms with van der Waals surface area (Å²) in [4.78, 5) is 0. The van der Waals surface area contributed by atoms with Crippen molar-refractivity contribution in [3.05, 3.63) is 23.8 Å². The Hall–Kier alpha value is -1.30. The number of ether oxygens (including phenoxy) is 3. The van der Waals surface area contributed by atoms with Crippen LogP contribution in [0.5, 0.6) is 11.5 Å². The van der Waals surface area contributed by atoms with Gasteiger partial charge in [-0.25, -0.2) is 0 Å². The van der Waals surface area contributed by atoms with E-state index in [1.165, 1.54) is 0 Å². The van der Waals surface area contributed by atoms with Gasteiger partial charge >= 0.3 is 0 Å². The molecule has 2 unspecified atom stereocenters. The Labute approximate surface area is 112 Å². The molecule has 0 bridgehead atoms. The molecule has 5 heteroatoms. The maximum atomic E-state index is 10.1. The predicted octanol–water partition coefficient (Wildman–Crippen LogP) is 1.22. The Morgan fingerprint density at radius 2 is 2.21 bits per heavy atom. The van der Waals surface area contributed by atoms with Gasteiger partial charge in [-0.3, -0.25) is 0 Å². The average Bonchev–Trinajstić information content (AvgIpc) is 3.08. The summed E-state index contributed by atoms with van der Waals surface area (Å²) in [5.41, 5.74) is 0.837. The lowest BCUT2D eigenvalue weighted by Crippen LogP contribution is -2.29. The number of aliphatic hydroxyl groups excluding tert-OH is 1. The quantitative estimate of drug-likeness (QED) is 0.838. The molecule has 0 aromatic heterocycles. The second kappa shape index (κ2) is 5.77. The third-order valence-corrected chi connectivity index (χ3v) is 3.52. The maximum absolute atomic E-state index is 10.1. The van der Waals surface area contributed by atoms with E-state index < -0.39 is 6.10 Å². The fraction of sp³-hybridized carbons (Fsp3) is 0.571. The topological polar surface area (TPSA) is 60.0 Å². The SMILES string of the molecule is OC(CNCC1CCCO1)c1ccc2c(c1)OCO2. The zero-order chi connectivity index (χ0) is 13.1. The van der Waals surface area contributed by atoms with Gasteiger partial charge in [-0.2, -0.15) is 0 Å². The van der Waals surface area contributed by atoms with Gasteiger partial charge in [0.2, 0.25) is 6.79 Å². The van der Waals surface area contributed by atoms with E-state index in [-0.39, 0.29) is 6.79 Å². The van der Waals surface area contributed by atoms with Crippen LogP contribution in [0.15, 0.2) is 18.2 Å². The molecule has 2 aliphatic heterocycles. The molecule has 1 fully saturated rings. The highest BCUT2D eigenvalue weighted by atomic mass is 16.7. The Morgan fingerprint density at radius 3 is 3.05 bits per heavy atom. The molecule has 0 spiro atoms. The Bertz CT molecular complexity index is 431. The molecule has 1 aromatic rings. The lowest BCUT2D eigenvalue weighted by molar-refractivity contribution is 0.103. The van der Waals surface area contributed by atoms with Crippen LogP contribution in [-0.4, -0.2) is 37.7 Å². The number of nitrogens with one attached hydrogen (secondary N) is 1. The van der Waals surface area contributed by atoms with Crippen LogP contribution in [0.1, 0.15) is 24.5 Å². The van der Waals surface area contributed by atoms with E-state index in [1.54, 1.807) is 0 Å². The summed E-state index contributed by atoms with van der Waals surface area (Å²) in [5, 5.41) is 13.4. The molecule has 2 heterocycles. The molecule has 3 rings (SSSR count). The minimum Gasteiger partial charge on any atom is -0.454 e. The van der Waals surface area contributed by atoms with Gasteiger partial charge in [-0.1, -0.05) is 6.07 Å². The van der Waals surface area contributed by atoms with Crippen LogP contribution in [0.25, 0.3) is 0 Å². The normalized spacial score (nSPS) is 22.7. The van der Waals surface area contributed by atoms with Crippen molar-refractivity contribution in [2.24, 2.45) is 0 Å². The molecule has 0 aliphatic carbocycles. The second-order valence-electron chi connectivity index (χ2n) is 4.92. The van der Waals surface area contributed by atoms with Crippen molar-refractivity contribution in [3.8, 4) is 11.5 Å². The summed E-state index contributed by atoms with van der Waals surface area (Å²) in [6, 6.07) is 5.54. The second-order valence-corrected chi connectivity index (χ2v) is 4.92. The van der Waals surface area contributed by atoms with Gasteiger partial charge in [0.1, 0.15) is 0 Å².